The zero-order valence-electron chi connectivity index (χ0n) is 11.1. The van der Waals surface area contributed by atoms with Gasteiger partial charge in [0.25, 0.3) is 0 Å². The van der Waals surface area contributed by atoms with Gasteiger partial charge in [0.1, 0.15) is 11.0 Å². The van der Waals surface area contributed by atoms with Crippen molar-refractivity contribution in [1.82, 2.24) is 15.6 Å². The Hall–Kier alpha value is -1.63. The molecular weight excluding hydrogens is 266 g/mol. The molecule has 7 heteroatoms. The molecule has 0 aromatic carbocycles. The Labute approximate surface area is 116 Å². The van der Waals surface area contributed by atoms with Gasteiger partial charge in [0.2, 0.25) is 0 Å². The molecule has 0 spiro atoms. The third-order valence-electron chi connectivity index (χ3n) is 2.53. The van der Waals surface area contributed by atoms with Gasteiger partial charge in [-0.3, -0.25) is 0 Å². The monoisotopic (exact) mass is 285 g/mol. The molecule has 0 aliphatic carbocycles. The summed E-state index contributed by atoms with van der Waals surface area (Å²) in [7, 11) is 0. The van der Waals surface area contributed by atoms with E-state index < -0.39 is 18.0 Å². The van der Waals surface area contributed by atoms with Gasteiger partial charge in [-0.25, -0.2) is 14.6 Å². The number of carbonyl (C=O) groups is 2. The van der Waals surface area contributed by atoms with Crippen molar-refractivity contribution in [2.75, 3.05) is 0 Å². The topological polar surface area (TPSA) is 91.3 Å². The number of aromatic nitrogens is 1. The molecule has 1 rings (SSSR count). The molecular formula is C12H19N3O3S. The molecule has 0 radical (unpaired) electrons. The summed E-state index contributed by atoms with van der Waals surface area (Å²) < 4.78 is 0. The maximum atomic E-state index is 11.6. The average molecular weight is 285 g/mol. The molecule has 2 amide bonds. The summed E-state index contributed by atoms with van der Waals surface area (Å²) in [6.07, 6.45) is 3.82. The molecule has 0 bridgehead atoms. The molecule has 0 fully saturated rings. The number of hydrogen-bond donors (Lipinski definition) is 3. The Balaban J connectivity index is 2.40. The maximum Gasteiger partial charge on any atom is 0.326 e. The first-order chi connectivity index (χ1) is 9.06. The van der Waals surface area contributed by atoms with E-state index in [1.165, 1.54) is 0 Å². The second-order valence-corrected chi connectivity index (χ2v) is 5.28. The highest BCUT2D eigenvalue weighted by molar-refractivity contribution is 7.11. The summed E-state index contributed by atoms with van der Waals surface area (Å²) in [6, 6.07) is -1.32. The molecule has 1 aromatic rings. The highest BCUT2D eigenvalue weighted by Crippen LogP contribution is 2.12. The number of aryl methyl sites for hydroxylation is 1. The number of hydrogen-bond acceptors (Lipinski definition) is 4. The van der Waals surface area contributed by atoms with E-state index in [0.29, 0.717) is 19.4 Å². The molecule has 0 saturated heterocycles. The number of carbonyl (C=O) groups excluding carboxylic acids is 1. The molecule has 3 N–H and O–H groups in total. The van der Waals surface area contributed by atoms with Crippen molar-refractivity contribution in [3.63, 3.8) is 0 Å². The fraction of sp³-hybridized carbons (Fsp3) is 0.583. The molecule has 0 aliphatic rings. The molecule has 0 unspecified atom stereocenters. The molecule has 106 valence electrons. The van der Waals surface area contributed by atoms with E-state index in [2.05, 4.69) is 15.6 Å². The van der Waals surface area contributed by atoms with Crippen LogP contribution in [0.2, 0.25) is 0 Å². The van der Waals surface area contributed by atoms with Crippen molar-refractivity contribution in [2.24, 2.45) is 0 Å². The Morgan fingerprint density at radius 3 is 2.74 bits per heavy atom. The third-order valence-corrected chi connectivity index (χ3v) is 3.67. The van der Waals surface area contributed by atoms with Crippen LogP contribution in [0.5, 0.6) is 0 Å². The number of carboxylic acid groups (broad SMARTS) is 1. The Morgan fingerprint density at radius 1 is 1.47 bits per heavy atom. The zero-order valence-corrected chi connectivity index (χ0v) is 11.9. The van der Waals surface area contributed by atoms with Gasteiger partial charge in [-0.1, -0.05) is 20.3 Å². The number of thiazole rings is 1. The maximum absolute atomic E-state index is 11.6. The highest BCUT2D eigenvalue weighted by atomic mass is 32.1. The summed E-state index contributed by atoms with van der Waals surface area (Å²) in [4.78, 5) is 27.8. The van der Waals surface area contributed by atoms with Crippen molar-refractivity contribution in [3.05, 3.63) is 16.1 Å². The molecule has 1 atom stereocenters. The van der Waals surface area contributed by atoms with Gasteiger partial charge in [-0.05, 0) is 12.8 Å². The molecule has 1 heterocycles. The fourth-order valence-corrected chi connectivity index (χ4v) is 2.31. The van der Waals surface area contributed by atoms with Crippen LogP contribution in [0, 0.1) is 0 Å². The fourth-order valence-electron chi connectivity index (χ4n) is 1.50. The number of urea groups is 1. The van der Waals surface area contributed by atoms with Gasteiger partial charge in [-0.2, -0.15) is 0 Å². The lowest BCUT2D eigenvalue weighted by Crippen LogP contribution is -2.45. The van der Waals surface area contributed by atoms with E-state index in [9.17, 15) is 9.59 Å². The first kappa shape index (κ1) is 15.4. The Morgan fingerprint density at radius 2 is 2.21 bits per heavy atom. The van der Waals surface area contributed by atoms with Crippen LogP contribution in [0.4, 0.5) is 4.79 Å². The number of carboxylic acids is 1. The Kier molecular flexibility index (Phi) is 6.27. The van der Waals surface area contributed by atoms with Crippen LogP contribution in [0.25, 0.3) is 0 Å². The van der Waals surface area contributed by atoms with E-state index in [4.69, 9.17) is 5.11 Å². The quantitative estimate of drug-likeness (QED) is 0.712. The molecule has 0 aliphatic heterocycles. The summed E-state index contributed by atoms with van der Waals surface area (Å²) in [5.41, 5.74) is 0. The first-order valence-corrected chi connectivity index (χ1v) is 7.09. The minimum absolute atomic E-state index is 0.314. The van der Waals surface area contributed by atoms with E-state index in [1.54, 1.807) is 17.5 Å². The van der Waals surface area contributed by atoms with E-state index in [1.807, 2.05) is 13.8 Å². The summed E-state index contributed by atoms with van der Waals surface area (Å²) >= 11 is 1.54. The van der Waals surface area contributed by atoms with Gasteiger partial charge in [0.05, 0.1) is 6.54 Å². The second-order valence-electron chi connectivity index (χ2n) is 4.08. The van der Waals surface area contributed by atoms with Gasteiger partial charge in [-0.15, -0.1) is 11.3 Å². The van der Waals surface area contributed by atoms with Crippen molar-refractivity contribution in [2.45, 2.75) is 45.7 Å². The van der Waals surface area contributed by atoms with Crippen molar-refractivity contribution < 1.29 is 14.7 Å². The number of nitrogens with one attached hydrogen (secondary N) is 2. The van der Waals surface area contributed by atoms with Crippen molar-refractivity contribution in [3.8, 4) is 0 Å². The van der Waals surface area contributed by atoms with Gasteiger partial charge >= 0.3 is 12.0 Å². The van der Waals surface area contributed by atoms with Crippen molar-refractivity contribution >= 4 is 23.3 Å². The number of nitrogens with zero attached hydrogens (tertiary/aromatic N) is 1. The summed E-state index contributed by atoms with van der Waals surface area (Å²) in [5.74, 6) is -1.01. The number of rotatable bonds is 7. The highest BCUT2D eigenvalue weighted by Gasteiger charge is 2.18. The molecule has 1 aromatic heterocycles. The largest absolute Gasteiger partial charge is 0.480 e. The normalized spacial score (nSPS) is 11.9. The minimum atomic E-state index is -1.01. The van der Waals surface area contributed by atoms with Crippen LogP contribution < -0.4 is 10.6 Å². The lowest BCUT2D eigenvalue weighted by molar-refractivity contribution is -0.139. The van der Waals surface area contributed by atoms with Gasteiger partial charge in [0, 0.05) is 11.1 Å². The van der Waals surface area contributed by atoms with Crippen LogP contribution in [-0.2, 0) is 17.8 Å². The van der Waals surface area contributed by atoms with Crippen LogP contribution in [-0.4, -0.2) is 28.1 Å². The zero-order chi connectivity index (χ0) is 14.3. The molecule has 19 heavy (non-hydrogen) atoms. The van der Waals surface area contributed by atoms with Crippen molar-refractivity contribution in [1.29, 1.82) is 0 Å². The van der Waals surface area contributed by atoms with E-state index in [0.717, 1.165) is 16.3 Å². The van der Waals surface area contributed by atoms with Gasteiger partial charge < -0.3 is 15.7 Å². The van der Waals surface area contributed by atoms with Gasteiger partial charge in [0.15, 0.2) is 0 Å². The van der Waals surface area contributed by atoms with Crippen LogP contribution in [0.15, 0.2) is 6.20 Å². The standard InChI is InChI=1S/C12H19N3O3S/c1-3-5-9(11(16)17)15-12(18)14-7-10-13-6-8(4-2)19-10/h6,9H,3-5,7H2,1-2H3,(H,16,17)(H2,14,15,18)/t9-/m0/s1. The minimum Gasteiger partial charge on any atom is -0.480 e. The SMILES string of the molecule is CCC[C@H](NC(=O)NCc1ncc(CC)s1)C(=O)O. The summed E-state index contributed by atoms with van der Waals surface area (Å²) in [6.45, 7) is 4.23. The molecule has 6 nitrogen and oxygen atoms in total. The van der Waals surface area contributed by atoms with E-state index in [-0.39, 0.29) is 0 Å². The second kappa shape index (κ2) is 7.73. The smallest absolute Gasteiger partial charge is 0.326 e. The number of amides is 2. The third kappa shape index (κ3) is 5.25. The first-order valence-electron chi connectivity index (χ1n) is 6.27. The average Bonchev–Trinajstić information content (AvgIpc) is 2.83. The number of aliphatic carboxylic acids is 1. The summed E-state index contributed by atoms with van der Waals surface area (Å²) in [5, 5.41) is 14.8. The molecule has 0 saturated carbocycles. The Bertz CT molecular complexity index is 434. The van der Waals surface area contributed by atoms with Crippen LogP contribution in [0.1, 0.15) is 36.6 Å². The van der Waals surface area contributed by atoms with E-state index >= 15 is 0 Å². The van der Waals surface area contributed by atoms with Crippen LogP contribution >= 0.6 is 11.3 Å². The van der Waals surface area contributed by atoms with Crippen LogP contribution in [0.3, 0.4) is 0 Å². The lowest BCUT2D eigenvalue weighted by atomic mass is 10.2. The predicted molar refractivity (Wildman–Crippen MR) is 73.2 cm³/mol. The predicted octanol–water partition coefficient (Wildman–Crippen LogP) is 1.76. The lowest BCUT2D eigenvalue weighted by Gasteiger charge is -2.13.